The van der Waals surface area contributed by atoms with Gasteiger partial charge < -0.3 is 31.3 Å². The van der Waals surface area contributed by atoms with Crippen molar-refractivity contribution in [3.8, 4) is 0 Å². The zero-order valence-corrected chi connectivity index (χ0v) is 43.7. The number of carboxylic acid groups (broad SMARTS) is 1. The highest BCUT2D eigenvalue weighted by atomic mass is 32.2. The maximum absolute atomic E-state index is 14.6. The summed E-state index contributed by atoms with van der Waals surface area (Å²) in [5.41, 5.74) is 6.27. The molecule has 0 spiro atoms. The summed E-state index contributed by atoms with van der Waals surface area (Å²) in [5.74, 6) is -2.64. The fraction of sp³-hybridized carbons (Fsp3) is 0.311. The third-order valence-corrected chi connectivity index (χ3v) is 15.9. The van der Waals surface area contributed by atoms with Crippen LogP contribution in [0.15, 0.2) is 194 Å². The summed E-state index contributed by atoms with van der Waals surface area (Å²) in [6.45, 7) is 7.40. The number of hydrogen-bond acceptors (Lipinski definition) is 8. The Morgan fingerprint density at radius 1 is 0.521 bits per heavy atom. The maximum Gasteiger partial charge on any atom is 0.306 e. The van der Waals surface area contributed by atoms with Gasteiger partial charge in [0.15, 0.2) is 0 Å². The second-order valence-electron chi connectivity index (χ2n) is 19.0. The minimum absolute atomic E-state index is 0.0312. The molecule has 0 bridgehead atoms. The van der Waals surface area contributed by atoms with Crippen molar-refractivity contribution in [2.24, 2.45) is 11.8 Å². The van der Waals surface area contributed by atoms with Gasteiger partial charge in [0.1, 0.15) is 12.1 Å². The van der Waals surface area contributed by atoms with E-state index in [1.165, 1.54) is 11.8 Å². The molecule has 12 heteroatoms. The lowest BCUT2D eigenvalue weighted by Crippen LogP contribution is -2.58. The van der Waals surface area contributed by atoms with Crippen molar-refractivity contribution in [1.82, 2.24) is 16.0 Å². The maximum atomic E-state index is 14.6. The second-order valence-corrected chi connectivity index (χ2v) is 21.5. The number of carbonyl (C=O) groups is 4. The Balaban J connectivity index is 1.20. The molecule has 0 radical (unpaired) electrons. The van der Waals surface area contributed by atoms with E-state index in [0.717, 1.165) is 33.4 Å². The molecule has 0 aliphatic rings. The van der Waals surface area contributed by atoms with Gasteiger partial charge in [-0.15, -0.1) is 23.5 Å². The number of amides is 3. The lowest BCUT2D eigenvalue weighted by molar-refractivity contribution is -0.140. The largest absolute Gasteiger partial charge is 0.481 e. The van der Waals surface area contributed by atoms with Crippen LogP contribution >= 0.6 is 23.5 Å². The molecule has 6 rings (SSSR count). The number of allylic oxidation sites excluding steroid dienone is 1. The number of thioether (sulfide) groups is 2. The Kier molecular flexibility index (Phi) is 21.1. The van der Waals surface area contributed by atoms with Crippen LogP contribution in [0.2, 0.25) is 0 Å². The monoisotopic (exact) mass is 1020 g/mol. The van der Waals surface area contributed by atoms with Crippen molar-refractivity contribution in [3.05, 3.63) is 228 Å². The minimum Gasteiger partial charge on any atom is -0.481 e. The van der Waals surface area contributed by atoms with E-state index >= 15 is 0 Å². The molecule has 10 nitrogen and oxygen atoms in total. The third-order valence-electron chi connectivity index (χ3n) is 12.7. The molecule has 0 saturated heterocycles. The van der Waals surface area contributed by atoms with Crippen LogP contribution in [0.5, 0.6) is 0 Å². The topological polar surface area (TPSA) is 165 Å². The quantitative estimate of drug-likeness (QED) is 0.0167. The summed E-state index contributed by atoms with van der Waals surface area (Å²) in [6, 6.07) is 57.8. The number of benzene rings is 6. The fourth-order valence-corrected chi connectivity index (χ4v) is 12.3. The number of aliphatic hydroxyl groups is 2. The number of aliphatic hydroxyl groups excluding tert-OH is 2. The first-order chi connectivity index (χ1) is 35.2. The Hall–Kier alpha value is -6.44. The predicted molar refractivity (Wildman–Crippen MR) is 296 cm³/mol. The molecule has 73 heavy (non-hydrogen) atoms. The van der Waals surface area contributed by atoms with Gasteiger partial charge in [0.2, 0.25) is 17.7 Å². The Morgan fingerprint density at radius 3 is 1.27 bits per heavy atom. The Morgan fingerprint density at radius 2 is 0.904 bits per heavy atom. The summed E-state index contributed by atoms with van der Waals surface area (Å²) >= 11 is 3.26. The fourth-order valence-electron chi connectivity index (χ4n) is 9.23. The third kappa shape index (κ3) is 15.1. The van der Waals surface area contributed by atoms with Gasteiger partial charge in [-0.25, -0.2) is 0 Å². The Labute approximate surface area is 439 Å². The number of rotatable bonds is 27. The highest BCUT2D eigenvalue weighted by Crippen LogP contribution is 2.50. The van der Waals surface area contributed by atoms with Crippen LogP contribution in [0.3, 0.4) is 0 Å². The molecule has 0 saturated carbocycles. The molecule has 3 amide bonds. The zero-order valence-electron chi connectivity index (χ0n) is 42.1. The number of nitrogens with one attached hydrogen (secondary N) is 3. The molecule has 0 aliphatic heterocycles. The summed E-state index contributed by atoms with van der Waals surface area (Å²) in [5, 5.41) is 40.4. The lowest BCUT2D eigenvalue weighted by atomic mass is 9.84. The van der Waals surface area contributed by atoms with E-state index in [0.29, 0.717) is 12.2 Å². The first-order valence-electron chi connectivity index (χ1n) is 25.0. The highest BCUT2D eigenvalue weighted by Gasteiger charge is 2.40. The summed E-state index contributed by atoms with van der Waals surface area (Å²) in [6.07, 6.45) is 0.941. The molecule has 0 aliphatic carbocycles. The molecule has 6 N–H and O–H groups in total. The second kappa shape index (κ2) is 27.6. The van der Waals surface area contributed by atoms with Crippen LogP contribution < -0.4 is 16.0 Å². The molecular formula is C61H69N3O7S2. The van der Waals surface area contributed by atoms with Crippen LogP contribution in [0.25, 0.3) is 0 Å². The number of hydrogen-bond donors (Lipinski definition) is 6. The lowest BCUT2D eigenvalue weighted by Gasteiger charge is -2.37. The first kappa shape index (κ1) is 55.9. The van der Waals surface area contributed by atoms with Crippen LogP contribution in [0.1, 0.15) is 86.8 Å². The smallest absolute Gasteiger partial charge is 0.306 e. The van der Waals surface area contributed by atoms with Gasteiger partial charge in [-0.05, 0) is 63.8 Å². The van der Waals surface area contributed by atoms with Crippen molar-refractivity contribution >= 4 is 47.2 Å². The van der Waals surface area contributed by atoms with Crippen molar-refractivity contribution in [2.45, 2.75) is 93.2 Å². The average Bonchev–Trinajstić information content (AvgIpc) is 3.39. The van der Waals surface area contributed by atoms with Gasteiger partial charge in [0.05, 0.1) is 40.6 Å². The van der Waals surface area contributed by atoms with Gasteiger partial charge in [0, 0.05) is 5.75 Å². The van der Waals surface area contributed by atoms with Gasteiger partial charge >= 0.3 is 5.97 Å². The van der Waals surface area contributed by atoms with Crippen molar-refractivity contribution in [1.29, 1.82) is 0 Å². The molecule has 6 aromatic carbocycles. The normalized spacial score (nSPS) is 14.0. The van der Waals surface area contributed by atoms with Gasteiger partial charge in [-0.3, -0.25) is 19.2 Å². The van der Waals surface area contributed by atoms with Crippen LogP contribution in [0.4, 0.5) is 0 Å². The van der Waals surface area contributed by atoms with E-state index in [-0.39, 0.29) is 30.4 Å². The van der Waals surface area contributed by atoms with E-state index in [9.17, 15) is 34.5 Å². The van der Waals surface area contributed by atoms with Gasteiger partial charge in [-0.2, -0.15) is 0 Å². The summed E-state index contributed by atoms with van der Waals surface area (Å²) in [4.78, 5) is 54.6. The molecule has 0 heterocycles. The van der Waals surface area contributed by atoms with E-state index in [1.807, 2.05) is 129 Å². The van der Waals surface area contributed by atoms with E-state index in [1.54, 1.807) is 31.7 Å². The van der Waals surface area contributed by atoms with E-state index in [2.05, 4.69) is 88.7 Å². The predicted octanol–water partition coefficient (Wildman–Crippen LogP) is 10.1. The van der Waals surface area contributed by atoms with Crippen LogP contribution in [-0.4, -0.2) is 80.8 Å². The number of aliphatic carboxylic acids is 1. The number of carboxylic acids is 1. The van der Waals surface area contributed by atoms with E-state index in [4.69, 9.17) is 0 Å². The van der Waals surface area contributed by atoms with Crippen molar-refractivity contribution < 1.29 is 34.5 Å². The molecule has 5 atom stereocenters. The molecule has 6 aromatic rings. The number of carbonyl (C=O) groups excluding carboxylic acids is 3. The van der Waals surface area contributed by atoms with Crippen molar-refractivity contribution in [3.63, 3.8) is 0 Å². The Bertz CT molecular complexity index is 2470. The van der Waals surface area contributed by atoms with Gasteiger partial charge in [0.25, 0.3) is 0 Å². The summed E-state index contributed by atoms with van der Waals surface area (Å²) in [7, 11) is 0. The molecule has 0 aromatic heterocycles. The first-order valence-corrected chi connectivity index (χ1v) is 27.0. The standard InChI is InChI=1S/C61H69N3O7S2/c1-43(2)39-52(62-55(67)40-51(65)37-23-24-38-72-60(45-25-11-5-12-26-45,46-27-13-6-14-28-46)47-29-15-7-16-30-47)58(70)63-53(59(71)64-57(44(3)4)54(66)41-56(68)69)42-73-61(48-31-17-8-18-32-48,49-33-19-9-20-34-49)50-35-21-10-22-36-50/h5-23,25-37,43-44,51-54,57,65-66H,24,38-42H2,1-4H3,(H,62,67)(H,63,70)(H,64,71)(H,68,69)/t51-,52+,53+,54-,57+/m0/s1. The molecule has 382 valence electrons. The van der Waals surface area contributed by atoms with E-state index < -0.39 is 69.9 Å². The van der Waals surface area contributed by atoms with Gasteiger partial charge in [-0.1, -0.05) is 222 Å². The van der Waals surface area contributed by atoms with Crippen molar-refractivity contribution in [2.75, 3.05) is 11.5 Å². The SMILES string of the molecule is CC(C)C[C@@H](NC(=O)C[C@@H](O)C=CCCSC(c1ccccc1)(c1ccccc1)c1ccccc1)C(=O)N[C@H](CSC(c1ccccc1)(c1ccccc1)c1ccccc1)C(=O)N[C@H](C(C)C)[C@@H](O)CC(=O)O. The average molecular weight is 1020 g/mol. The minimum atomic E-state index is -1.40. The highest BCUT2D eigenvalue weighted by molar-refractivity contribution is 8.00. The molecule has 0 unspecified atom stereocenters. The zero-order chi connectivity index (χ0) is 52.2. The molecular weight excluding hydrogens is 951 g/mol. The van der Waals surface area contributed by atoms with Crippen LogP contribution in [-0.2, 0) is 28.7 Å². The van der Waals surface area contributed by atoms with Crippen LogP contribution in [0, 0.1) is 11.8 Å². The molecule has 0 fully saturated rings. The summed E-state index contributed by atoms with van der Waals surface area (Å²) < 4.78 is -1.36.